The zero-order valence-corrected chi connectivity index (χ0v) is 10.2. The maximum Gasteiger partial charge on any atom is 0.372 e. The Bertz CT molecular complexity index is 545. The fourth-order valence-electron chi connectivity index (χ4n) is 1.88. The number of carboxylic acid groups (broad SMARTS) is 1. The average Bonchev–Trinajstić information content (AvgIpc) is 2.72. The van der Waals surface area contributed by atoms with Gasteiger partial charge < -0.3 is 9.52 Å². The van der Waals surface area contributed by atoms with E-state index in [-0.39, 0.29) is 18.1 Å². The molecule has 1 N–H and O–H groups in total. The minimum atomic E-state index is -3.18. The lowest BCUT2D eigenvalue weighted by atomic mass is 10.2. The highest BCUT2D eigenvalue weighted by molar-refractivity contribution is 7.89. The minimum absolute atomic E-state index is 0.108. The molecule has 0 aliphatic carbocycles. The van der Waals surface area contributed by atoms with E-state index in [0.717, 1.165) is 0 Å². The highest BCUT2D eigenvalue weighted by Crippen LogP contribution is 2.21. The van der Waals surface area contributed by atoms with Crippen LogP contribution in [-0.2, 0) is 16.6 Å². The Hall–Kier alpha value is -1.34. The van der Waals surface area contributed by atoms with Gasteiger partial charge in [-0.1, -0.05) is 0 Å². The summed E-state index contributed by atoms with van der Waals surface area (Å²) in [5.74, 6) is -0.752. The summed E-state index contributed by atoms with van der Waals surface area (Å²) in [7, 11) is -3.18. The number of hydrogen-bond donors (Lipinski definition) is 1. The van der Waals surface area contributed by atoms with Crippen LogP contribution in [0.25, 0.3) is 0 Å². The standard InChI is InChI=1S/C10H13NO5S/c1-7-5-8(16-9(7)10(12)13)6-11-3-2-4-17(11,14)15/h5H,2-4,6H2,1H3,(H,12,13). The lowest BCUT2D eigenvalue weighted by Crippen LogP contribution is -2.24. The van der Waals surface area contributed by atoms with Crippen molar-refractivity contribution in [2.24, 2.45) is 0 Å². The third-order valence-electron chi connectivity index (χ3n) is 2.70. The van der Waals surface area contributed by atoms with Gasteiger partial charge in [-0.3, -0.25) is 0 Å². The molecule has 0 spiro atoms. The first-order chi connectivity index (χ1) is 7.90. The molecule has 0 unspecified atom stereocenters. The van der Waals surface area contributed by atoms with Gasteiger partial charge in [0.25, 0.3) is 0 Å². The molecule has 1 aromatic rings. The van der Waals surface area contributed by atoms with Gasteiger partial charge in [-0.15, -0.1) is 0 Å². The predicted molar refractivity (Wildman–Crippen MR) is 59.2 cm³/mol. The number of aromatic carboxylic acids is 1. The van der Waals surface area contributed by atoms with Gasteiger partial charge in [0.2, 0.25) is 15.8 Å². The second kappa shape index (κ2) is 4.15. The summed E-state index contributed by atoms with van der Waals surface area (Å²) in [6.07, 6.45) is 0.605. The Morgan fingerprint density at radius 1 is 1.59 bits per heavy atom. The van der Waals surface area contributed by atoms with Crippen LogP contribution in [0.5, 0.6) is 0 Å². The van der Waals surface area contributed by atoms with Crippen LogP contribution in [0.15, 0.2) is 10.5 Å². The maximum absolute atomic E-state index is 11.6. The molecular weight excluding hydrogens is 246 g/mol. The molecule has 6 nitrogen and oxygen atoms in total. The van der Waals surface area contributed by atoms with Crippen LogP contribution < -0.4 is 0 Å². The molecule has 0 saturated carbocycles. The van der Waals surface area contributed by atoms with Crippen molar-refractivity contribution in [1.29, 1.82) is 0 Å². The summed E-state index contributed by atoms with van der Waals surface area (Å²) in [6.45, 7) is 2.19. The largest absolute Gasteiger partial charge is 0.475 e. The van der Waals surface area contributed by atoms with Crippen molar-refractivity contribution in [2.75, 3.05) is 12.3 Å². The zero-order chi connectivity index (χ0) is 12.6. The molecule has 0 radical (unpaired) electrons. The summed E-state index contributed by atoms with van der Waals surface area (Å²) < 4.78 is 29.6. The summed E-state index contributed by atoms with van der Waals surface area (Å²) in [5.41, 5.74) is 0.504. The van der Waals surface area contributed by atoms with E-state index in [4.69, 9.17) is 9.52 Å². The van der Waals surface area contributed by atoms with Gasteiger partial charge in [-0.2, -0.15) is 4.31 Å². The van der Waals surface area contributed by atoms with Gasteiger partial charge in [0, 0.05) is 12.1 Å². The average molecular weight is 259 g/mol. The fourth-order valence-corrected chi connectivity index (χ4v) is 3.36. The summed E-state index contributed by atoms with van der Waals surface area (Å²) in [4.78, 5) is 10.8. The van der Waals surface area contributed by atoms with E-state index in [1.807, 2.05) is 0 Å². The number of carboxylic acids is 1. The Morgan fingerprint density at radius 3 is 2.76 bits per heavy atom. The number of nitrogens with zero attached hydrogens (tertiary/aromatic N) is 1. The molecule has 0 bridgehead atoms. The number of rotatable bonds is 3. The van der Waals surface area contributed by atoms with E-state index in [1.165, 1.54) is 4.31 Å². The van der Waals surface area contributed by atoms with Crippen LogP contribution in [-0.4, -0.2) is 36.1 Å². The Morgan fingerprint density at radius 2 is 2.29 bits per heavy atom. The van der Waals surface area contributed by atoms with Crippen molar-refractivity contribution >= 4 is 16.0 Å². The summed E-state index contributed by atoms with van der Waals surface area (Å²) in [5, 5.41) is 8.82. The Balaban J connectivity index is 2.20. The molecule has 94 valence electrons. The van der Waals surface area contributed by atoms with Gasteiger partial charge >= 0.3 is 5.97 Å². The summed E-state index contributed by atoms with van der Waals surface area (Å²) in [6, 6.07) is 1.57. The van der Waals surface area contributed by atoms with Gasteiger partial charge in [0.1, 0.15) is 5.76 Å². The highest BCUT2D eigenvalue weighted by Gasteiger charge is 2.29. The molecule has 2 rings (SSSR count). The van der Waals surface area contributed by atoms with Crippen LogP contribution in [0.3, 0.4) is 0 Å². The van der Waals surface area contributed by atoms with Crippen molar-refractivity contribution in [2.45, 2.75) is 19.9 Å². The normalized spacial score (nSPS) is 19.6. The fraction of sp³-hybridized carbons (Fsp3) is 0.500. The van der Waals surface area contributed by atoms with E-state index in [1.54, 1.807) is 13.0 Å². The van der Waals surface area contributed by atoms with Crippen LogP contribution in [0.2, 0.25) is 0 Å². The van der Waals surface area contributed by atoms with Crippen molar-refractivity contribution < 1.29 is 22.7 Å². The third-order valence-corrected chi connectivity index (χ3v) is 4.60. The van der Waals surface area contributed by atoms with Crippen LogP contribution in [0.4, 0.5) is 0 Å². The first kappa shape index (κ1) is 12.1. The minimum Gasteiger partial charge on any atom is -0.475 e. The molecule has 7 heteroatoms. The van der Waals surface area contributed by atoms with Gasteiger partial charge in [-0.25, -0.2) is 13.2 Å². The molecule has 2 heterocycles. The number of hydrogen-bond acceptors (Lipinski definition) is 4. The van der Waals surface area contributed by atoms with E-state index in [2.05, 4.69) is 0 Å². The van der Waals surface area contributed by atoms with Crippen molar-refractivity contribution in [3.05, 3.63) is 23.2 Å². The smallest absolute Gasteiger partial charge is 0.372 e. The summed E-state index contributed by atoms with van der Waals surface area (Å²) >= 11 is 0. The lowest BCUT2D eigenvalue weighted by Gasteiger charge is -2.11. The maximum atomic E-state index is 11.6. The first-order valence-corrected chi connectivity index (χ1v) is 6.81. The van der Waals surface area contributed by atoms with Crippen LogP contribution in [0, 0.1) is 6.92 Å². The SMILES string of the molecule is Cc1cc(CN2CCCS2(=O)=O)oc1C(=O)O. The second-order valence-electron chi connectivity index (χ2n) is 4.03. The van der Waals surface area contributed by atoms with Gasteiger partial charge in [0.05, 0.1) is 12.3 Å². The van der Waals surface area contributed by atoms with Crippen molar-refractivity contribution in [1.82, 2.24) is 4.31 Å². The first-order valence-electron chi connectivity index (χ1n) is 5.20. The second-order valence-corrected chi connectivity index (χ2v) is 6.12. The molecule has 1 aromatic heterocycles. The molecule has 0 aromatic carbocycles. The molecule has 0 amide bonds. The van der Waals surface area contributed by atoms with Crippen molar-refractivity contribution in [3.63, 3.8) is 0 Å². The van der Waals surface area contributed by atoms with Gasteiger partial charge in [-0.05, 0) is 19.4 Å². The van der Waals surface area contributed by atoms with Crippen LogP contribution in [0.1, 0.15) is 28.3 Å². The van der Waals surface area contributed by atoms with Crippen molar-refractivity contribution in [3.8, 4) is 0 Å². The lowest BCUT2D eigenvalue weighted by molar-refractivity contribution is 0.0658. The number of furan rings is 1. The molecule has 17 heavy (non-hydrogen) atoms. The Labute approximate surface area is 98.9 Å². The monoisotopic (exact) mass is 259 g/mol. The molecular formula is C10H13NO5S. The Kier molecular flexibility index (Phi) is 2.96. The number of aryl methyl sites for hydroxylation is 1. The predicted octanol–water partition coefficient (Wildman–Crippen LogP) is 0.822. The zero-order valence-electron chi connectivity index (χ0n) is 9.34. The highest BCUT2D eigenvalue weighted by atomic mass is 32.2. The third kappa shape index (κ3) is 2.34. The van der Waals surface area contributed by atoms with E-state index in [0.29, 0.717) is 24.3 Å². The van der Waals surface area contributed by atoms with Gasteiger partial charge in [0.15, 0.2) is 0 Å². The molecule has 1 aliphatic heterocycles. The molecule has 1 aliphatic rings. The number of carbonyl (C=O) groups is 1. The quantitative estimate of drug-likeness (QED) is 0.868. The van der Waals surface area contributed by atoms with E-state index < -0.39 is 16.0 Å². The topological polar surface area (TPSA) is 87.8 Å². The van der Waals surface area contributed by atoms with E-state index >= 15 is 0 Å². The molecule has 1 fully saturated rings. The molecule has 0 atom stereocenters. The van der Waals surface area contributed by atoms with E-state index in [9.17, 15) is 13.2 Å². The molecule has 1 saturated heterocycles. The number of sulfonamides is 1. The van der Waals surface area contributed by atoms with Crippen LogP contribution >= 0.6 is 0 Å².